The number of rotatable bonds is 7. The molecule has 11 heteroatoms. The highest BCUT2D eigenvalue weighted by Crippen LogP contribution is 2.21. The predicted molar refractivity (Wildman–Crippen MR) is 114 cm³/mol. The summed E-state index contributed by atoms with van der Waals surface area (Å²) in [4.78, 5) is 39.3. The van der Waals surface area contributed by atoms with Crippen LogP contribution in [0.5, 0.6) is 5.75 Å². The number of aromatic nitrogens is 1. The van der Waals surface area contributed by atoms with Gasteiger partial charge in [0.2, 0.25) is 5.43 Å². The number of benzene rings is 1. The first kappa shape index (κ1) is 23.9. The fraction of sp³-hybridized carbons (Fsp3) is 0.318. The second-order valence-electron chi connectivity index (χ2n) is 7.52. The first-order chi connectivity index (χ1) is 15.6. The highest BCUT2D eigenvalue weighted by molar-refractivity contribution is 5.99. The lowest BCUT2D eigenvalue weighted by Crippen LogP contribution is -2.50. The quantitative estimate of drug-likeness (QED) is 0.547. The van der Waals surface area contributed by atoms with Gasteiger partial charge in [-0.15, -0.1) is 0 Å². The molecule has 1 atom stereocenters. The molecule has 3 N–H and O–H groups in total. The van der Waals surface area contributed by atoms with Crippen LogP contribution in [0.2, 0.25) is 0 Å². The summed E-state index contributed by atoms with van der Waals surface area (Å²) in [5.41, 5.74) is 0.216. The van der Waals surface area contributed by atoms with Gasteiger partial charge >= 0.3 is 0 Å². The highest BCUT2D eigenvalue weighted by Gasteiger charge is 2.32. The van der Waals surface area contributed by atoms with Crippen LogP contribution in [0.15, 0.2) is 35.3 Å². The van der Waals surface area contributed by atoms with Gasteiger partial charge < -0.3 is 20.7 Å². The molecule has 1 aliphatic heterocycles. The maximum atomic E-state index is 13.8. The number of nitrogens with zero attached hydrogens (tertiary/aromatic N) is 2. The number of unbranched alkanes of at least 4 members (excludes halogenated alkanes) is 1. The topological polar surface area (TPSA) is 104 Å². The van der Waals surface area contributed by atoms with Crippen molar-refractivity contribution in [3.8, 4) is 5.75 Å². The molecule has 1 aromatic carbocycles. The van der Waals surface area contributed by atoms with E-state index in [1.807, 2.05) is 19.1 Å². The van der Waals surface area contributed by atoms with E-state index in [-0.39, 0.29) is 18.4 Å². The maximum absolute atomic E-state index is 13.8. The number of carbonyl (C=O) groups excluding carboxylic acids is 2. The van der Waals surface area contributed by atoms with E-state index in [1.54, 1.807) is 6.92 Å². The van der Waals surface area contributed by atoms with Gasteiger partial charge in [-0.2, -0.15) is 0 Å². The molecule has 2 heterocycles. The summed E-state index contributed by atoms with van der Waals surface area (Å²) in [7, 11) is 0. The molecule has 0 unspecified atom stereocenters. The van der Waals surface area contributed by atoms with Gasteiger partial charge in [0.15, 0.2) is 11.4 Å². The summed E-state index contributed by atoms with van der Waals surface area (Å²) >= 11 is 0. The third-order valence-electron chi connectivity index (χ3n) is 5.20. The Hall–Kier alpha value is -3.76. The standard InChI is InChI=1S/C22H23F3N4O4/c1-3-4-5-6-12(2)28-11-27-29-10-15(19(30)20(31)18(29)22(28)33)21(32)26-9-14-16(24)7-13(23)8-17(14)25/h5-8,10,12,27,31H,3-4,9,11H2,1-2H3,(H,26,32)/b6-5-/t12-/m0/s1. The van der Waals surface area contributed by atoms with Crippen LogP contribution in [0.1, 0.15) is 53.1 Å². The minimum atomic E-state index is -1.20. The Labute approximate surface area is 187 Å². The van der Waals surface area contributed by atoms with E-state index in [1.165, 1.54) is 4.90 Å². The summed E-state index contributed by atoms with van der Waals surface area (Å²) < 4.78 is 41.7. The van der Waals surface area contributed by atoms with Gasteiger partial charge in [-0.1, -0.05) is 25.5 Å². The number of aromatic hydroxyl groups is 1. The molecular weight excluding hydrogens is 441 g/mol. The molecule has 0 saturated carbocycles. The first-order valence-corrected chi connectivity index (χ1v) is 10.3. The van der Waals surface area contributed by atoms with Crippen LogP contribution in [0.4, 0.5) is 13.2 Å². The lowest BCUT2D eigenvalue weighted by Gasteiger charge is -2.34. The van der Waals surface area contributed by atoms with E-state index in [2.05, 4.69) is 10.7 Å². The van der Waals surface area contributed by atoms with Crippen molar-refractivity contribution < 1.29 is 27.9 Å². The average molecular weight is 464 g/mol. The van der Waals surface area contributed by atoms with Gasteiger partial charge in [-0.25, -0.2) is 13.2 Å². The van der Waals surface area contributed by atoms with Gasteiger partial charge in [0.05, 0.1) is 0 Å². The summed E-state index contributed by atoms with van der Waals surface area (Å²) in [5.74, 6) is -6.10. The largest absolute Gasteiger partial charge is 0.502 e. The average Bonchev–Trinajstić information content (AvgIpc) is 2.75. The predicted octanol–water partition coefficient (Wildman–Crippen LogP) is 2.60. The van der Waals surface area contributed by atoms with Crippen molar-refractivity contribution >= 4 is 11.8 Å². The zero-order valence-electron chi connectivity index (χ0n) is 18.0. The van der Waals surface area contributed by atoms with Crippen molar-refractivity contribution in [3.05, 3.63) is 75.0 Å². The Balaban J connectivity index is 1.84. The molecule has 0 aliphatic carbocycles. The zero-order valence-corrected chi connectivity index (χ0v) is 18.0. The first-order valence-electron chi connectivity index (χ1n) is 10.3. The Bertz CT molecular complexity index is 1160. The van der Waals surface area contributed by atoms with Crippen molar-refractivity contribution in [3.63, 3.8) is 0 Å². The molecule has 0 fully saturated rings. The van der Waals surface area contributed by atoms with Gasteiger partial charge in [0.1, 0.15) is 29.7 Å². The second kappa shape index (κ2) is 9.80. The van der Waals surface area contributed by atoms with Crippen LogP contribution in [0.3, 0.4) is 0 Å². The highest BCUT2D eigenvalue weighted by atomic mass is 19.1. The summed E-state index contributed by atoms with van der Waals surface area (Å²) in [6, 6.07) is 0.608. The normalized spacial score (nSPS) is 14.2. The Morgan fingerprint density at radius 3 is 2.58 bits per heavy atom. The van der Waals surface area contributed by atoms with Crippen LogP contribution in [-0.2, 0) is 6.54 Å². The number of halogens is 3. The van der Waals surface area contributed by atoms with E-state index in [0.717, 1.165) is 23.7 Å². The van der Waals surface area contributed by atoms with Gasteiger partial charge in [0.25, 0.3) is 11.8 Å². The molecule has 176 valence electrons. The fourth-order valence-corrected chi connectivity index (χ4v) is 3.35. The van der Waals surface area contributed by atoms with Crippen LogP contribution in [0.25, 0.3) is 0 Å². The van der Waals surface area contributed by atoms with Crippen LogP contribution in [-0.4, -0.2) is 39.2 Å². The molecule has 0 spiro atoms. The molecular formula is C22H23F3N4O4. The van der Waals surface area contributed by atoms with Gasteiger partial charge in [-0.05, 0) is 13.3 Å². The van der Waals surface area contributed by atoms with E-state index < -0.39 is 58.1 Å². The molecule has 2 aromatic rings. The van der Waals surface area contributed by atoms with Crippen molar-refractivity contribution in [1.29, 1.82) is 0 Å². The molecule has 8 nitrogen and oxygen atoms in total. The monoisotopic (exact) mass is 464 g/mol. The Morgan fingerprint density at radius 2 is 1.94 bits per heavy atom. The number of hydrogen-bond donors (Lipinski definition) is 3. The minimum absolute atomic E-state index is 0.0405. The third-order valence-corrected chi connectivity index (χ3v) is 5.20. The molecule has 0 bridgehead atoms. The molecule has 1 aliphatic rings. The lowest BCUT2D eigenvalue weighted by molar-refractivity contribution is 0.0688. The van der Waals surface area contributed by atoms with Crippen molar-refractivity contribution in [2.24, 2.45) is 0 Å². The number of nitrogens with one attached hydrogen (secondary N) is 2. The van der Waals surface area contributed by atoms with Gasteiger partial charge in [-0.3, -0.25) is 19.1 Å². The van der Waals surface area contributed by atoms with Crippen LogP contribution in [0, 0.1) is 17.5 Å². The number of fused-ring (bicyclic) bond motifs is 1. The fourth-order valence-electron chi connectivity index (χ4n) is 3.35. The number of hydrogen-bond acceptors (Lipinski definition) is 5. The number of pyridine rings is 1. The molecule has 3 rings (SSSR count). The van der Waals surface area contributed by atoms with E-state index in [9.17, 15) is 32.7 Å². The second-order valence-corrected chi connectivity index (χ2v) is 7.52. The van der Waals surface area contributed by atoms with Crippen molar-refractivity contribution in [2.45, 2.75) is 39.3 Å². The lowest BCUT2D eigenvalue weighted by atomic mass is 10.1. The molecule has 2 amide bonds. The molecule has 1 aromatic heterocycles. The summed E-state index contributed by atoms with van der Waals surface area (Å²) in [6.07, 6.45) is 6.57. The third kappa shape index (κ3) is 4.86. The van der Waals surface area contributed by atoms with Crippen LogP contribution >= 0.6 is 0 Å². The Morgan fingerprint density at radius 1 is 1.27 bits per heavy atom. The molecule has 33 heavy (non-hydrogen) atoms. The molecule has 0 radical (unpaired) electrons. The smallest absolute Gasteiger partial charge is 0.278 e. The van der Waals surface area contributed by atoms with Crippen molar-refractivity contribution in [1.82, 2.24) is 14.9 Å². The maximum Gasteiger partial charge on any atom is 0.278 e. The summed E-state index contributed by atoms with van der Waals surface area (Å²) in [5, 5.41) is 12.5. The van der Waals surface area contributed by atoms with Crippen molar-refractivity contribution in [2.75, 3.05) is 12.1 Å². The molecule has 0 saturated heterocycles. The van der Waals surface area contributed by atoms with Gasteiger partial charge in [0, 0.05) is 36.5 Å². The van der Waals surface area contributed by atoms with Crippen LogP contribution < -0.4 is 16.2 Å². The van der Waals surface area contributed by atoms with E-state index in [0.29, 0.717) is 12.1 Å². The van der Waals surface area contributed by atoms with E-state index >= 15 is 0 Å². The Kier molecular flexibility index (Phi) is 7.10. The van der Waals surface area contributed by atoms with E-state index in [4.69, 9.17) is 0 Å². The summed E-state index contributed by atoms with van der Waals surface area (Å²) in [6.45, 7) is 3.18. The SMILES string of the molecule is CCC/C=C\[C@H](C)N1CNn2cc(C(=O)NCc3c(F)cc(F)cc3F)c(=O)c(O)c2C1=O. The minimum Gasteiger partial charge on any atom is -0.502 e. The zero-order chi connectivity index (χ0) is 24.3. The number of carbonyl (C=O) groups is 2. The number of amides is 2. The number of allylic oxidation sites excluding steroid dienone is 1.